The number of piperazine rings is 1. The Kier molecular flexibility index (Phi) is 11.9. The van der Waals surface area contributed by atoms with E-state index in [1.54, 1.807) is 12.3 Å². The third-order valence-electron chi connectivity index (χ3n) is 13.8. The molecule has 6 heterocycles. The molecule has 2 bridgehead atoms. The van der Waals surface area contributed by atoms with Crippen molar-refractivity contribution in [3.63, 3.8) is 0 Å². The average Bonchev–Trinajstić information content (AvgIpc) is 4.07. The molecule has 2 atom stereocenters. The van der Waals surface area contributed by atoms with Gasteiger partial charge in [-0.05, 0) is 96.8 Å². The van der Waals surface area contributed by atoms with Crippen molar-refractivity contribution in [3.05, 3.63) is 111 Å². The van der Waals surface area contributed by atoms with Gasteiger partial charge in [0.25, 0.3) is 21.6 Å². The molecule has 4 aliphatic heterocycles. The van der Waals surface area contributed by atoms with Gasteiger partial charge in [0.2, 0.25) is 5.88 Å². The maximum Gasteiger partial charge on any atom is 0.293 e. The SMILES string of the molecule is CC1(C)CCC(CN2CCN(c3ccc(C(=O)NS(=O)(=O)c4ccc(NCCN5CC6CC5CO6)c([N+](=O)[O-])c4)c(N4CCOc5nc6[nH]ccc6cc54)c3)CC2)=C(c2ccc(Cl)cc2)C1. The largest absolute Gasteiger partial charge is 0.474 e. The molecule has 5 aliphatic rings. The minimum Gasteiger partial charge on any atom is -0.474 e. The quantitative estimate of drug-likeness (QED) is 0.0785. The minimum atomic E-state index is -4.57. The van der Waals surface area contributed by atoms with Crippen molar-refractivity contribution in [2.75, 3.05) is 87.2 Å². The van der Waals surface area contributed by atoms with Crippen LogP contribution in [-0.2, 0) is 14.8 Å². The summed E-state index contributed by atoms with van der Waals surface area (Å²) in [6, 6.07) is 21.5. The number of nitrogens with zero attached hydrogens (tertiary/aromatic N) is 6. The Labute approximate surface area is 389 Å². The molecule has 10 rings (SSSR count). The van der Waals surface area contributed by atoms with E-state index < -0.39 is 31.4 Å². The lowest BCUT2D eigenvalue weighted by atomic mass is 9.72. The number of hydrogen-bond acceptors (Lipinski definition) is 13. The number of benzene rings is 3. The first-order chi connectivity index (χ1) is 31.8. The fourth-order valence-corrected chi connectivity index (χ4v) is 11.3. The van der Waals surface area contributed by atoms with E-state index in [1.165, 1.54) is 28.8 Å². The molecule has 3 aromatic carbocycles. The van der Waals surface area contributed by atoms with Gasteiger partial charge in [-0.3, -0.25) is 24.7 Å². The van der Waals surface area contributed by atoms with E-state index in [9.17, 15) is 23.3 Å². The smallest absolute Gasteiger partial charge is 0.293 e. The Morgan fingerprint density at radius 2 is 1.83 bits per heavy atom. The number of H-pyrrole nitrogens is 1. The molecule has 3 saturated heterocycles. The number of carbonyl (C=O) groups excluding carboxylic acids is 1. The molecule has 2 unspecified atom stereocenters. The molecular weight excluding hydrogens is 882 g/mol. The number of nitrogens with one attached hydrogen (secondary N) is 3. The van der Waals surface area contributed by atoms with Crippen molar-refractivity contribution >= 4 is 72.6 Å². The highest BCUT2D eigenvalue weighted by Crippen LogP contribution is 2.44. The van der Waals surface area contributed by atoms with E-state index in [2.05, 4.69) is 55.7 Å². The Morgan fingerprint density at radius 1 is 1.02 bits per heavy atom. The number of aromatic nitrogens is 2. The number of anilines is 4. The summed E-state index contributed by atoms with van der Waals surface area (Å²) in [6.45, 7) is 12.0. The van der Waals surface area contributed by atoms with Crippen molar-refractivity contribution in [2.45, 2.75) is 56.6 Å². The minimum absolute atomic E-state index is 0.110. The maximum atomic E-state index is 14.3. The predicted octanol–water partition coefficient (Wildman–Crippen LogP) is 7.44. The van der Waals surface area contributed by atoms with Crippen LogP contribution in [0.15, 0.2) is 89.5 Å². The molecule has 346 valence electrons. The van der Waals surface area contributed by atoms with Crippen molar-refractivity contribution < 1.29 is 27.6 Å². The number of fused-ring (bicyclic) bond motifs is 4. The number of likely N-dealkylation sites (tertiary alicyclic amines) is 1. The lowest BCUT2D eigenvalue weighted by Gasteiger charge is -2.39. The lowest BCUT2D eigenvalue weighted by Crippen LogP contribution is -2.47. The van der Waals surface area contributed by atoms with Gasteiger partial charge in [-0.1, -0.05) is 43.2 Å². The predicted molar refractivity (Wildman–Crippen MR) is 256 cm³/mol. The van der Waals surface area contributed by atoms with E-state index in [0.717, 1.165) is 87.1 Å². The van der Waals surface area contributed by atoms with E-state index in [0.29, 0.717) is 55.2 Å². The molecule has 0 radical (unpaired) electrons. The summed E-state index contributed by atoms with van der Waals surface area (Å²) in [7, 11) is -4.57. The molecule has 3 fully saturated rings. The molecular formula is C48H54ClN9O7S. The van der Waals surface area contributed by atoms with Gasteiger partial charge in [-0.15, -0.1) is 0 Å². The van der Waals surface area contributed by atoms with Crippen molar-refractivity contribution in [1.82, 2.24) is 24.5 Å². The number of nitro benzene ring substituents is 1. The van der Waals surface area contributed by atoms with Crippen molar-refractivity contribution in [3.8, 4) is 5.88 Å². The van der Waals surface area contributed by atoms with Crippen LogP contribution in [0.25, 0.3) is 16.6 Å². The highest BCUT2D eigenvalue weighted by Gasteiger charge is 2.38. The van der Waals surface area contributed by atoms with Crippen LogP contribution in [0.5, 0.6) is 5.88 Å². The van der Waals surface area contributed by atoms with Crippen LogP contribution in [-0.4, -0.2) is 123 Å². The Morgan fingerprint density at radius 3 is 2.59 bits per heavy atom. The average molecular weight is 937 g/mol. The molecule has 2 aromatic heterocycles. The number of rotatable bonds is 13. The number of aromatic amines is 1. The first-order valence-corrected chi connectivity index (χ1v) is 24.5. The molecule has 0 spiro atoms. The number of halogens is 1. The van der Waals surface area contributed by atoms with Gasteiger partial charge in [0.15, 0.2) is 0 Å². The van der Waals surface area contributed by atoms with Crippen molar-refractivity contribution in [2.24, 2.45) is 5.41 Å². The molecule has 18 heteroatoms. The van der Waals surface area contributed by atoms with Gasteiger partial charge in [0.05, 0.1) is 40.3 Å². The second-order valence-electron chi connectivity index (χ2n) is 18.8. The third kappa shape index (κ3) is 9.06. The number of ether oxygens (including phenoxy) is 2. The molecule has 66 heavy (non-hydrogen) atoms. The summed E-state index contributed by atoms with van der Waals surface area (Å²) >= 11 is 6.27. The molecule has 3 N–H and O–H groups in total. The summed E-state index contributed by atoms with van der Waals surface area (Å²) in [4.78, 5) is 42.4. The summed E-state index contributed by atoms with van der Waals surface area (Å²) in [6.07, 6.45) is 6.22. The van der Waals surface area contributed by atoms with Crippen LogP contribution < -0.4 is 24.6 Å². The van der Waals surface area contributed by atoms with Gasteiger partial charge in [-0.25, -0.2) is 13.1 Å². The van der Waals surface area contributed by atoms with Crippen LogP contribution in [0.4, 0.5) is 28.4 Å². The summed E-state index contributed by atoms with van der Waals surface area (Å²) in [5.41, 5.74) is 6.91. The lowest BCUT2D eigenvalue weighted by molar-refractivity contribution is -0.384. The Balaban J connectivity index is 0.893. The summed E-state index contributed by atoms with van der Waals surface area (Å²) < 4.78 is 41.8. The number of sulfonamides is 1. The highest BCUT2D eigenvalue weighted by atomic mass is 35.5. The number of pyridine rings is 1. The van der Waals surface area contributed by atoms with Crippen LogP contribution in [0.1, 0.15) is 55.5 Å². The molecule has 16 nitrogen and oxygen atoms in total. The Bertz CT molecular complexity index is 2830. The van der Waals surface area contributed by atoms with Crippen molar-refractivity contribution in [1.29, 1.82) is 0 Å². The normalized spacial score (nSPS) is 21.0. The van der Waals surface area contributed by atoms with Crippen LogP contribution >= 0.6 is 11.6 Å². The number of amides is 1. The topological polar surface area (TPSA) is 179 Å². The van der Waals surface area contributed by atoms with Gasteiger partial charge < -0.3 is 29.6 Å². The Hall–Kier alpha value is -5.72. The fraction of sp³-hybridized carbons (Fsp3) is 0.417. The number of hydrogen-bond donors (Lipinski definition) is 3. The molecule has 1 aliphatic carbocycles. The number of morpholine rings is 1. The first kappa shape index (κ1) is 44.1. The number of nitro groups is 1. The second kappa shape index (κ2) is 17.8. The number of allylic oxidation sites excluding steroid dienone is 1. The van der Waals surface area contributed by atoms with Crippen LogP contribution in [0.3, 0.4) is 0 Å². The third-order valence-corrected chi connectivity index (χ3v) is 15.4. The second-order valence-corrected chi connectivity index (χ2v) is 20.9. The standard InChI is InChI=1S/C48H54ClN9O7S/c1-48(2)13-11-33(40(27-48)31-3-5-34(49)6-4-31)28-54-17-19-55(20-18-54)35-7-9-39(42(25-35)57-21-22-64-47-44(57)23-32-12-14-51-45(32)52-47)46(59)53-66(62,63)38-8-10-41(43(26-38)58(60)61)50-15-16-56-29-37-24-36(56)30-65-37/h3-10,12,14,23,25-26,36-37,50H,11,13,15-22,24,27-30H2,1-2H3,(H,51,52)(H,53,59). The first-order valence-electron chi connectivity index (χ1n) is 22.7. The summed E-state index contributed by atoms with van der Waals surface area (Å²) in [5.74, 6) is -0.491. The molecule has 1 amide bonds. The molecule has 5 aromatic rings. The van der Waals surface area contributed by atoms with Crippen LogP contribution in [0.2, 0.25) is 5.02 Å². The van der Waals surface area contributed by atoms with E-state index in [-0.39, 0.29) is 29.4 Å². The summed E-state index contributed by atoms with van der Waals surface area (Å²) in [5, 5.41) is 16.9. The van der Waals surface area contributed by atoms with E-state index >= 15 is 0 Å². The van der Waals surface area contributed by atoms with Crippen LogP contribution in [0, 0.1) is 15.5 Å². The fourth-order valence-electron chi connectivity index (χ4n) is 10.2. The van der Waals surface area contributed by atoms with E-state index in [4.69, 9.17) is 26.1 Å². The zero-order valence-electron chi connectivity index (χ0n) is 37.1. The van der Waals surface area contributed by atoms with Gasteiger partial charge in [-0.2, -0.15) is 4.98 Å². The zero-order chi connectivity index (χ0) is 45.7. The number of carbonyl (C=O) groups is 1. The monoisotopic (exact) mass is 935 g/mol. The zero-order valence-corrected chi connectivity index (χ0v) is 38.7. The highest BCUT2D eigenvalue weighted by molar-refractivity contribution is 7.90. The maximum absolute atomic E-state index is 14.3. The molecule has 0 saturated carbocycles. The van der Waals surface area contributed by atoms with E-state index in [1.807, 2.05) is 41.3 Å². The van der Waals surface area contributed by atoms with Gasteiger partial charge >= 0.3 is 0 Å². The van der Waals surface area contributed by atoms with Gasteiger partial charge in [0, 0.05) is 86.8 Å². The van der Waals surface area contributed by atoms with Gasteiger partial charge in [0.1, 0.15) is 23.6 Å².